The van der Waals surface area contributed by atoms with Crippen LogP contribution in [0.15, 0.2) is 54.9 Å². The lowest BCUT2D eigenvalue weighted by Gasteiger charge is -2.44. The summed E-state index contributed by atoms with van der Waals surface area (Å²) >= 11 is 0. The molecule has 1 aromatic heterocycles. The third-order valence-corrected chi connectivity index (χ3v) is 6.46. The largest absolute Gasteiger partial charge is 0.497 e. The molecule has 1 spiro atoms. The highest BCUT2D eigenvalue weighted by atomic mass is 16.5. The molecule has 5 rings (SSSR count). The Morgan fingerprint density at radius 3 is 2.71 bits per heavy atom. The minimum Gasteiger partial charge on any atom is -0.497 e. The molecular formula is C25H29N3O3. The van der Waals surface area contributed by atoms with Crippen molar-refractivity contribution < 1.29 is 14.2 Å². The average molecular weight is 420 g/mol. The number of rotatable bonds is 6. The van der Waals surface area contributed by atoms with Crippen molar-refractivity contribution in [2.24, 2.45) is 0 Å². The summed E-state index contributed by atoms with van der Waals surface area (Å²) in [4.78, 5) is 7.31. The van der Waals surface area contributed by atoms with Crippen LogP contribution in [0, 0.1) is 0 Å². The van der Waals surface area contributed by atoms with Gasteiger partial charge in [-0.25, -0.2) is 4.98 Å². The van der Waals surface area contributed by atoms with Crippen molar-refractivity contribution in [3.05, 3.63) is 66.1 Å². The molecule has 0 bridgehead atoms. The first kappa shape index (κ1) is 20.1. The van der Waals surface area contributed by atoms with E-state index in [1.54, 1.807) is 14.2 Å². The summed E-state index contributed by atoms with van der Waals surface area (Å²) in [6.45, 7) is 4.28. The molecule has 0 atom stereocenters. The Kier molecular flexibility index (Phi) is 5.42. The van der Waals surface area contributed by atoms with Gasteiger partial charge in [-0.3, -0.25) is 4.90 Å². The molecular weight excluding hydrogens is 390 g/mol. The number of likely N-dealkylation sites (tertiary alicyclic amines) is 1. The van der Waals surface area contributed by atoms with Gasteiger partial charge in [0, 0.05) is 51.7 Å². The van der Waals surface area contributed by atoms with Crippen LogP contribution in [-0.4, -0.2) is 48.4 Å². The first-order valence-corrected chi connectivity index (χ1v) is 10.9. The predicted molar refractivity (Wildman–Crippen MR) is 119 cm³/mol. The fraction of sp³-hybridized carbons (Fsp3) is 0.400. The van der Waals surface area contributed by atoms with E-state index in [2.05, 4.69) is 45.9 Å². The van der Waals surface area contributed by atoms with Crippen LogP contribution < -0.4 is 9.47 Å². The van der Waals surface area contributed by atoms with Gasteiger partial charge in [-0.2, -0.15) is 0 Å². The number of hydrogen-bond acceptors (Lipinski definition) is 5. The van der Waals surface area contributed by atoms with E-state index in [9.17, 15) is 0 Å². The van der Waals surface area contributed by atoms with Crippen molar-refractivity contribution in [1.82, 2.24) is 14.5 Å². The van der Waals surface area contributed by atoms with Crippen LogP contribution in [0.3, 0.4) is 0 Å². The fourth-order valence-corrected chi connectivity index (χ4v) is 4.87. The molecule has 31 heavy (non-hydrogen) atoms. The Hall–Kier alpha value is -2.83. The van der Waals surface area contributed by atoms with Crippen molar-refractivity contribution >= 4 is 0 Å². The molecule has 0 amide bonds. The topological polar surface area (TPSA) is 48.8 Å². The van der Waals surface area contributed by atoms with Gasteiger partial charge in [0.15, 0.2) is 5.60 Å². The maximum absolute atomic E-state index is 6.75. The van der Waals surface area contributed by atoms with Gasteiger partial charge in [0.05, 0.1) is 31.4 Å². The Morgan fingerprint density at radius 2 is 1.90 bits per heavy atom. The van der Waals surface area contributed by atoms with Gasteiger partial charge in [0.2, 0.25) is 0 Å². The highest BCUT2D eigenvalue weighted by molar-refractivity contribution is 5.72. The van der Waals surface area contributed by atoms with E-state index >= 15 is 0 Å². The molecule has 1 fully saturated rings. The zero-order valence-corrected chi connectivity index (χ0v) is 18.2. The van der Waals surface area contributed by atoms with E-state index in [0.717, 1.165) is 61.8 Å². The first-order chi connectivity index (χ1) is 15.2. The summed E-state index contributed by atoms with van der Waals surface area (Å²) in [7, 11) is 3.45. The molecule has 1 saturated heterocycles. The number of nitrogens with zero attached hydrogens (tertiary/aromatic N) is 3. The highest BCUT2D eigenvalue weighted by Gasteiger charge is 2.46. The van der Waals surface area contributed by atoms with Crippen molar-refractivity contribution in [3.8, 4) is 22.8 Å². The molecule has 0 unspecified atom stereocenters. The van der Waals surface area contributed by atoms with Crippen molar-refractivity contribution in [2.75, 3.05) is 33.9 Å². The van der Waals surface area contributed by atoms with E-state index in [0.29, 0.717) is 6.61 Å². The van der Waals surface area contributed by atoms with E-state index in [4.69, 9.17) is 19.2 Å². The zero-order valence-electron chi connectivity index (χ0n) is 18.2. The van der Waals surface area contributed by atoms with Gasteiger partial charge in [0.1, 0.15) is 11.5 Å². The molecule has 0 aliphatic carbocycles. The molecule has 6 nitrogen and oxygen atoms in total. The van der Waals surface area contributed by atoms with Gasteiger partial charge < -0.3 is 18.8 Å². The molecule has 162 valence electrons. The number of ether oxygens (including phenoxy) is 3. The van der Waals surface area contributed by atoms with Crippen molar-refractivity contribution in [3.63, 3.8) is 0 Å². The molecule has 0 saturated carbocycles. The van der Waals surface area contributed by atoms with E-state index in [-0.39, 0.29) is 5.60 Å². The van der Waals surface area contributed by atoms with Crippen LogP contribution in [0.2, 0.25) is 0 Å². The molecule has 0 radical (unpaired) electrons. The number of imidazole rings is 1. The van der Waals surface area contributed by atoms with E-state index in [1.165, 1.54) is 11.3 Å². The molecule has 2 aromatic carbocycles. The summed E-state index contributed by atoms with van der Waals surface area (Å²) < 4.78 is 19.7. The third-order valence-electron chi connectivity index (χ3n) is 6.46. The Balaban J connectivity index is 1.41. The van der Waals surface area contributed by atoms with Gasteiger partial charge in [0.25, 0.3) is 0 Å². The number of hydrogen-bond donors (Lipinski definition) is 0. The quantitative estimate of drug-likeness (QED) is 0.602. The number of aromatic nitrogens is 2. The fourth-order valence-electron chi connectivity index (χ4n) is 4.87. The smallest absolute Gasteiger partial charge is 0.153 e. The number of methoxy groups -OCH3 is 2. The molecule has 2 aliphatic rings. The van der Waals surface area contributed by atoms with Gasteiger partial charge >= 0.3 is 0 Å². The van der Waals surface area contributed by atoms with Crippen LogP contribution in [0.4, 0.5) is 0 Å². The third kappa shape index (κ3) is 3.70. The van der Waals surface area contributed by atoms with Crippen LogP contribution in [0.25, 0.3) is 11.3 Å². The second kappa shape index (κ2) is 8.36. The average Bonchev–Trinajstić information content (AvgIpc) is 3.25. The molecule has 3 heterocycles. The minimum absolute atomic E-state index is 0.348. The Labute approximate surface area is 183 Å². The van der Waals surface area contributed by atoms with E-state index in [1.807, 2.05) is 18.5 Å². The van der Waals surface area contributed by atoms with Crippen LogP contribution in [0.1, 0.15) is 24.1 Å². The Bertz CT molecular complexity index is 1050. The summed E-state index contributed by atoms with van der Waals surface area (Å²) in [5, 5.41) is 0. The Morgan fingerprint density at radius 1 is 1.06 bits per heavy atom. The zero-order chi connectivity index (χ0) is 21.3. The lowest BCUT2D eigenvalue weighted by atomic mass is 9.83. The molecule has 6 heteroatoms. The second-order valence-corrected chi connectivity index (χ2v) is 8.35. The monoisotopic (exact) mass is 419 g/mol. The van der Waals surface area contributed by atoms with Crippen molar-refractivity contribution in [1.29, 1.82) is 0 Å². The minimum atomic E-state index is -0.348. The number of fused-ring (bicyclic) bond motifs is 4. The van der Waals surface area contributed by atoms with E-state index < -0.39 is 0 Å². The lowest BCUT2D eigenvalue weighted by molar-refractivity contribution is -0.0135. The second-order valence-electron chi connectivity index (χ2n) is 8.35. The summed E-state index contributed by atoms with van der Waals surface area (Å²) in [6.07, 6.45) is 3.80. The lowest BCUT2D eigenvalue weighted by Crippen LogP contribution is -2.48. The predicted octanol–water partition coefficient (Wildman–Crippen LogP) is 4.09. The number of benzene rings is 2. The maximum Gasteiger partial charge on any atom is 0.153 e. The SMILES string of the molecule is COCCn1cnc2c1C1(CCN(Cc3cccc(OC)c3)CC1)Oc1ccccc1-2. The molecule has 0 N–H and O–H groups in total. The maximum atomic E-state index is 6.75. The summed E-state index contributed by atoms with van der Waals surface area (Å²) in [5.41, 5.74) is 4.26. The normalized spacial score (nSPS) is 17.1. The van der Waals surface area contributed by atoms with Gasteiger partial charge in [-0.1, -0.05) is 24.3 Å². The summed E-state index contributed by atoms with van der Waals surface area (Å²) in [6, 6.07) is 16.6. The van der Waals surface area contributed by atoms with Crippen LogP contribution >= 0.6 is 0 Å². The molecule has 2 aliphatic heterocycles. The van der Waals surface area contributed by atoms with Crippen LogP contribution in [0.5, 0.6) is 11.5 Å². The standard InChI is InChI=1S/C25H29N3O3/c1-29-15-14-28-18-26-23-21-8-3-4-9-22(21)31-25(24(23)28)10-12-27(13-11-25)17-19-6-5-7-20(16-19)30-2/h3-9,16,18H,10-15,17H2,1-2H3. The first-order valence-electron chi connectivity index (χ1n) is 10.9. The van der Waals surface area contributed by atoms with Crippen molar-refractivity contribution in [2.45, 2.75) is 31.5 Å². The molecule has 3 aromatic rings. The van der Waals surface area contributed by atoms with Gasteiger partial charge in [-0.15, -0.1) is 0 Å². The number of piperidine rings is 1. The number of para-hydroxylation sites is 1. The highest BCUT2D eigenvalue weighted by Crippen LogP contribution is 2.49. The summed E-state index contributed by atoms with van der Waals surface area (Å²) in [5.74, 6) is 1.85. The van der Waals surface area contributed by atoms with Gasteiger partial charge in [-0.05, 0) is 29.8 Å². The van der Waals surface area contributed by atoms with Crippen LogP contribution in [-0.2, 0) is 23.4 Å².